The van der Waals surface area contributed by atoms with Crippen LogP contribution in [0.1, 0.15) is 47.4 Å². The SMILES string of the molecule is CC(=O)N1[Se][C@@H]2[C@H]([Se]1)[C@@H](NC(=O)c1ccc(Br)cc1F)C(=O)CC1=CC(C)(O)C=C(CC(=O)[C@H]2NC(=O)c2ccc(Br)cc2F)O1. The standard InChI is InChI=1S/C30H25Br2F2N3O7Se2/c1-13(38)37-45-26-24(35-28(41)18-5-3-14(31)7-20(18)33)22(39)9-16-11-30(2,43)12-17(44-16)10-23(40)25(27(26)46-37)36-29(42)19-6-4-15(32)8-21(19)34/h3-8,11-12,24-27,43H,9-10H2,1-2H3,(H,35,41)(H,36,42)/t24-,25+,26+,27-,30?. The fourth-order valence-corrected chi connectivity index (χ4v) is 13.9. The molecule has 5 rings (SSSR count). The Balaban J connectivity index is 1.60. The van der Waals surface area contributed by atoms with Gasteiger partial charge in [0.25, 0.3) is 0 Å². The Hall–Kier alpha value is -2.71. The van der Waals surface area contributed by atoms with Crippen LogP contribution in [0.2, 0.25) is 9.63 Å². The summed E-state index contributed by atoms with van der Waals surface area (Å²) in [4.78, 5) is 65.9. The number of amides is 3. The van der Waals surface area contributed by atoms with Gasteiger partial charge in [0.2, 0.25) is 0 Å². The van der Waals surface area contributed by atoms with E-state index in [2.05, 4.69) is 42.5 Å². The van der Waals surface area contributed by atoms with Crippen LogP contribution < -0.4 is 10.6 Å². The van der Waals surface area contributed by atoms with Crippen molar-refractivity contribution in [3.8, 4) is 0 Å². The molecule has 3 aliphatic rings. The number of benzene rings is 2. The van der Waals surface area contributed by atoms with Gasteiger partial charge in [0.05, 0.1) is 0 Å². The molecule has 2 fully saturated rings. The summed E-state index contributed by atoms with van der Waals surface area (Å²) >= 11 is 4.68. The van der Waals surface area contributed by atoms with E-state index in [0.717, 1.165) is 12.1 Å². The van der Waals surface area contributed by atoms with Crippen LogP contribution in [0.25, 0.3) is 0 Å². The van der Waals surface area contributed by atoms with E-state index < -0.39 is 106 Å². The zero-order valence-corrected chi connectivity index (χ0v) is 30.6. The zero-order chi connectivity index (χ0) is 33.5. The van der Waals surface area contributed by atoms with Gasteiger partial charge in [0, 0.05) is 0 Å². The number of rotatable bonds is 4. The predicted octanol–water partition coefficient (Wildman–Crippen LogP) is 3.55. The summed E-state index contributed by atoms with van der Waals surface area (Å²) in [5.41, 5.74) is -2.27. The van der Waals surface area contributed by atoms with Gasteiger partial charge < -0.3 is 0 Å². The molecule has 16 heteroatoms. The number of halogens is 4. The molecule has 3 heterocycles. The number of carbonyl (C=O) groups is 5. The van der Waals surface area contributed by atoms with E-state index in [4.69, 9.17) is 4.74 Å². The molecule has 2 aromatic carbocycles. The van der Waals surface area contributed by atoms with Crippen molar-refractivity contribution >= 4 is 91.5 Å². The summed E-state index contributed by atoms with van der Waals surface area (Å²) in [5, 5.41) is 16.1. The van der Waals surface area contributed by atoms with Gasteiger partial charge in [0.1, 0.15) is 0 Å². The fraction of sp³-hybridized carbons (Fsp3) is 0.300. The van der Waals surface area contributed by atoms with Gasteiger partial charge in [-0.05, 0) is 0 Å². The molecule has 5 atom stereocenters. The van der Waals surface area contributed by atoms with E-state index in [1.54, 1.807) is 0 Å². The van der Waals surface area contributed by atoms with Crippen molar-refractivity contribution in [3.05, 3.63) is 91.8 Å². The monoisotopic (exact) mass is 895 g/mol. The number of nitrogens with zero attached hydrogens (tertiary/aromatic N) is 1. The molecule has 3 aliphatic heterocycles. The van der Waals surface area contributed by atoms with Crippen LogP contribution in [0.4, 0.5) is 8.78 Å². The maximum absolute atomic E-state index is 14.8. The first-order valence-electron chi connectivity index (χ1n) is 13.7. The second-order valence-corrected chi connectivity index (χ2v) is 18.6. The molecule has 0 spiro atoms. The Labute approximate surface area is 291 Å². The molecule has 242 valence electrons. The van der Waals surface area contributed by atoms with Crippen LogP contribution in [0, 0.1) is 11.6 Å². The predicted molar refractivity (Wildman–Crippen MR) is 169 cm³/mol. The number of hydrogen-bond acceptors (Lipinski definition) is 7. The number of aliphatic hydroxyl groups is 1. The third-order valence-corrected chi connectivity index (χ3v) is 16.2. The van der Waals surface area contributed by atoms with Crippen LogP contribution in [-0.4, -0.2) is 85.4 Å². The molecule has 2 bridgehead atoms. The number of fused-ring (bicyclic) bond motifs is 3. The Morgan fingerprint density at radius 1 is 0.870 bits per heavy atom. The number of ketones is 2. The van der Waals surface area contributed by atoms with Crippen LogP contribution in [0.5, 0.6) is 0 Å². The average molecular weight is 895 g/mol. The minimum atomic E-state index is -1.59. The van der Waals surface area contributed by atoms with E-state index in [-0.39, 0.29) is 28.6 Å². The van der Waals surface area contributed by atoms with Gasteiger partial charge in [-0.2, -0.15) is 0 Å². The van der Waals surface area contributed by atoms with Crippen molar-refractivity contribution < 1.29 is 42.6 Å². The summed E-state index contributed by atoms with van der Waals surface area (Å²) in [6, 6.07) is 4.89. The first-order chi connectivity index (χ1) is 21.6. The van der Waals surface area contributed by atoms with Crippen molar-refractivity contribution in [3.63, 3.8) is 0 Å². The molecule has 2 aromatic rings. The Bertz CT molecular complexity index is 1610. The van der Waals surface area contributed by atoms with Gasteiger partial charge in [-0.25, -0.2) is 0 Å². The van der Waals surface area contributed by atoms with Crippen LogP contribution in [-0.2, 0) is 19.1 Å². The van der Waals surface area contributed by atoms with Crippen LogP contribution in [0.15, 0.2) is 69.0 Å². The number of Topliss-reactive ketones (excluding diaryl/α,β-unsaturated/α-hetero) is 2. The number of nitrogens with one attached hydrogen (secondary N) is 2. The Morgan fingerprint density at radius 2 is 1.28 bits per heavy atom. The summed E-state index contributed by atoms with van der Waals surface area (Å²) in [5.74, 6) is -4.92. The number of carbonyl (C=O) groups excluding carboxylic acids is 5. The zero-order valence-electron chi connectivity index (χ0n) is 24.0. The van der Waals surface area contributed by atoms with Crippen LogP contribution in [0.3, 0.4) is 0 Å². The van der Waals surface area contributed by atoms with E-state index in [0.29, 0.717) is 8.95 Å². The normalized spacial score (nSPS) is 26.2. The van der Waals surface area contributed by atoms with Gasteiger partial charge in [-0.1, -0.05) is 0 Å². The van der Waals surface area contributed by atoms with E-state index in [1.165, 1.54) is 53.2 Å². The van der Waals surface area contributed by atoms with E-state index in [1.807, 2.05) is 0 Å². The molecule has 46 heavy (non-hydrogen) atoms. The number of hydrogen-bond donors (Lipinski definition) is 3. The molecular formula is C30H25Br2F2N3O7Se2. The van der Waals surface area contributed by atoms with Gasteiger partial charge >= 0.3 is 293 Å². The quantitative estimate of drug-likeness (QED) is 0.399. The first kappa shape index (κ1) is 34.6. The molecule has 0 aliphatic carbocycles. The topological polar surface area (TPSA) is 142 Å². The van der Waals surface area contributed by atoms with Crippen LogP contribution >= 0.6 is 31.9 Å². The van der Waals surface area contributed by atoms with Gasteiger partial charge in [-0.15, -0.1) is 0 Å². The molecule has 1 unspecified atom stereocenters. The van der Waals surface area contributed by atoms with E-state index >= 15 is 0 Å². The summed E-state index contributed by atoms with van der Waals surface area (Å²) in [6.45, 7) is 2.77. The van der Waals surface area contributed by atoms with Crippen molar-refractivity contribution in [2.24, 2.45) is 0 Å². The third kappa shape index (κ3) is 7.70. The third-order valence-electron chi connectivity index (χ3n) is 7.16. The Kier molecular flexibility index (Phi) is 10.4. The molecule has 3 amide bonds. The maximum atomic E-state index is 14.8. The second kappa shape index (κ2) is 13.8. The molecule has 2 saturated heterocycles. The van der Waals surface area contributed by atoms with E-state index in [9.17, 15) is 37.9 Å². The minimum absolute atomic E-state index is 0.0322. The van der Waals surface area contributed by atoms with Gasteiger partial charge in [0.15, 0.2) is 0 Å². The average Bonchev–Trinajstić information content (AvgIpc) is 3.37. The van der Waals surface area contributed by atoms with Crippen molar-refractivity contribution in [2.45, 2.75) is 54.0 Å². The van der Waals surface area contributed by atoms with Crippen molar-refractivity contribution in [1.82, 2.24) is 13.6 Å². The molecule has 10 nitrogen and oxygen atoms in total. The second-order valence-electron chi connectivity index (χ2n) is 10.9. The van der Waals surface area contributed by atoms with Crippen molar-refractivity contribution in [1.29, 1.82) is 0 Å². The van der Waals surface area contributed by atoms with Crippen molar-refractivity contribution in [2.75, 3.05) is 0 Å². The number of allylic oxidation sites excluding steroid dienone is 2. The Morgan fingerprint density at radius 3 is 1.65 bits per heavy atom. The molecule has 0 saturated carbocycles. The van der Waals surface area contributed by atoms with Gasteiger partial charge in [-0.3, -0.25) is 0 Å². The first-order valence-corrected chi connectivity index (χ1v) is 18.8. The number of ether oxygens (including phenoxy) is 1. The summed E-state index contributed by atoms with van der Waals surface area (Å²) < 4.78 is 37.8. The molecule has 3 N–H and O–H groups in total. The summed E-state index contributed by atoms with van der Waals surface area (Å²) in [6.07, 6.45) is 1.82. The summed E-state index contributed by atoms with van der Waals surface area (Å²) in [7, 11) is 0. The molecular weight excluding hydrogens is 870 g/mol. The fourth-order valence-electron chi connectivity index (χ4n) is 5.15. The molecule has 0 radical (unpaired) electrons. The molecule has 0 aromatic heterocycles.